The van der Waals surface area contributed by atoms with Crippen LogP contribution in [0.2, 0.25) is 0 Å². The van der Waals surface area contributed by atoms with E-state index in [9.17, 15) is 8.42 Å². The van der Waals surface area contributed by atoms with E-state index in [1.807, 2.05) is 12.1 Å². The molecular formula is C24H24N4O2S2. The number of thiazole rings is 1. The van der Waals surface area contributed by atoms with Crippen LogP contribution in [-0.4, -0.2) is 67.0 Å². The molecule has 0 N–H and O–H groups in total. The fourth-order valence-corrected chi connectivity index (χ4v) is 7.62. The van der Waals surface area contributed by atoms with E-state index in [4.69, 9.17) is 9.97 Å². The van der Waals surface area contributed by atoms with E-state index in [1.165, 1.54) is 4.70 Å². The molecule has 32 heavy (non-hydrogen) atoms. The summed E-state index contributed by atoms with van der Waals surface area (Å²) in [6.07, 6.45) is 0.762. The number of anilines is 1. The molecule has 4 aromatic rings. The van der Waals surface area contributed by atoms with Crippen molar-refractivity contribution in [3.8, 4) is 10.6 Å². The third-order valence-electron chi connectivity index (χ3n) is 6.59. The first kappa shape index (κ1) is 20.1. The van der Waals surface area contributed by atoms with Gasteiger partial charge in [-0.2, -0.15) is 0 Å². The third-order valence-corrected chi connectivity index (χ3v) is 9.41. The summed E-state index contributed by atoms with van der Waals surface area (Å²) < 4.78 is 24.9. The van der Waals surface area contributed by atoms with Gasteiger partial charge in [-0.05, 0) is 30.7 Å². The van der Waals surface area contributed by atoms with Crippen molar-refractivity contribution in [2.75, 3.05) is 42.6 Å². The molecule has 0 spiro atoms. The van der Waals surface area contributed by atoms with Crippen molar-refractivity contribution in [1.82, 2.24) is 14.9 Å². The Kier molecular flexibility index (Phi) is 4.89. The Hall–Kier alpha value is -2.55. The highest BCUT2D eigenvalue weighted by Crippen LogP contribution is 2.36. The van der Waals surface area contributed by atoms with Gasteiger partial charge in [-0.25, -0.2) is 18.4 Å². The fourth-order valence-electron chi connectivity index (χ4n) is 4.87. The van der Waals surface area contributed by atoms with Crippen molar-refractivity contribution in [3.05, 3.63) is 54.6 Å². The SMILES string of the molecule is O=S1(=O)CC[C@H](N2CCN(c3cc(-c4nc5ccccc5s4)c4ccccc4n3)CC2)C1. The summed E-state index contributed by atoms with van der Waals surface area (Å²) in [5, 5.41) is 2.13. The molecule has 6 rings (SSSR count). The Balaban J connectivity index is 1.32. The highest BCUT2D eigenvalue weighted by Gasteiger charge is 2.34. The molecule has 2 aliphatic heterocycles. The van der Waals surface area contributed by atoms with Gasteiger partial charge in [-0.15, -0.1) is 11.3 Å². The Morgan fingerprint density at radius 2 is 1.66 bits per heavy atom. The molecule has 164 valence electrons. The number of aromatic nitrogens is 2. The van der Waals surface area contributed by atoms with Crippen molar-refractivity contribution in [2.45, 2.75) is 12.5 Å². The lowest BCUT2D eigenvalue weighted by Crippen LogP contribution is -2.51. The fraction of sp³-hybridized carbons (Fsp3) is 0.333. The summed E-state index contributed by atoms with van der Waals surface area (Å²) in [6, 6.07) is 18.9. The summed E-state index contributed by atoms with van der Waals surface area (Å²) in [4.78, 5) is 14.5. The average molecular weight is 465 g/mol. The standard InChI is InChI=1S/C24H24N4O2S2/c29-32(30)14-9-17(16-32)27-10-12-28(13-11-27)23-15-19(18-5-1-2-6-20(18)25-23)24-26-21-7-3-4-8-22(21)31-24/h1-8,15,17H,9-14,16H2/t17-/m0/s1. The largest absolute Gasteiger partial charge is 0.354 e. The molecule has 2 fully saturated rings. The average Bonchev–Trinajstić information content (AvgIpc) is 3.41. The van der Waals surface area contributed by atoms with Gasteiger partial charge in [0.05, 0.1) is 27.2 Å². The summed E-state index contributed by atoms with van der Waals surface area (Å²) in [7, 11) is -2.86. The first-order chi connectivity index (χ1) is 15.6. The molecule has 2 aromatic carbocycles. The van der Waals surface area contributed by atoms with Crippen LogP contribution in [0, 0.1) is 0 Å². The molecule has 8 heteroatoms. The summed E-state index contributed by atoms with van der Waals surface area (Å²) >= 11 is 1.72. The minimum absolute atomic E-state index is 0.171. The van der Waals surface area contributed by atoms with E-state index in [1.54, 1.807) is 11.3 Å². The zero-order valence-corrected chi connectivity index (χ0v) is 19.3. The molecular weight excluding hydrogens is 440 g/mol. The van der Waals surface area contributed by atoms with E-state index >= 15 is 0 Å². The molecule has 0 saturated carbocycles. The predicted octanol–water partition coefficient (Wildman–Crippen LogP) is 3.82. The van der Waals surface area contributed by atoms with Crippen LogP contribution in [0.3, 0.4) is 0 Å². The highest BCUT2D eigenvalue weighted by molar-refractivity contribution is 7.91. The van der Waals surface area contributed by atoms with Crippen LogP contribution in [-0.2, 0) is 9.84 Å². The molecule has 0 bridgehead atoms. The first-order valence-corrected chi connectivity index (χ1v) is 13.6. The van der Waals surface area contributed by atoms with E-state index in [2.05, 4.69) is 52.3 Å². The highest BCUT2D eigenvalue weighted by atomic mass is 32.2. The van der Waals surface area contributed by atoms with Gasteiger partial charge in [-0.1, -0.05) is 30.3 Å². The second-order valence-corrected chi connectivity index (χ2v) is 11.9. The Morgan fingerprint density at radius 3 is 2.41 bits per heavy atom. The monoisotopic (exact) mass is 464 g/mol. The molecule has 1 atom stereocenters. The quantitative estimate of drug-likeness (QED) is 0.459. The third kappa shape index (κ3) is 3.66. The van der Waals surface area contributed by atoms with Gasteiger partial charge in [0.25, 0.3) is 0 Å². The Bertz CT molecular complexity index is 1380. The normalized spacial score (nSPS) is 21.5. The van der Waals surface area contributed by atoms with Crippen molar-refractivity contribution < 1.29 is 8.42 Å². The molecule has 2 aromatic heterocycles. The maximum absolute atomic E-state index is 11.9. The number of hydrogen-bond donors (Lipinski definition) is 0. The molecule has 0 aliphatic carbocycles. The van der Waals surface area contributed by atoms with Crippen molar-refractivity contribution in [2.24, 2.45) is 0 Å². The minimum Gasteiger partial charge on any atom is -0.354 e. The number of pyridine rings is 1. The van der Waals surface area contributed by atoms with Gasteiger partial charge >= 0.3 is 0 Å². The maximum Gasteiger partial charge on any atom is 0.151 e. The number of piperazine rings is 1. The second-order valence-electron chi connectivity index (χ2n) is 8.61. The molecule has 2 saturated heterocycles. The van der Waals surface area contributed by atoms with Crippen LogP contribution in [0.4, 0.5) is 5.82 Å². The number of para-hydroxylation sites is 2. The number of sulfone groups is 1. The zero-order chi connectivity index (χ0) is 21.7. The molecule has 0 unspecified atom stereocenters. The lowest BCUT2D eigenvalue weighted by molar-refractivity contribution is 0.200. The Labute approximate surface area is 191 Å². The summed E-state index contributed by atoms with van der Waals surface area (Å²) in [6.45, 7) is 3.43. The minimum atomic E-state index is -2.86. The van der Waals surface area contributed by atoms with Gasteiger partial charge in [0.2, 0.25) is 0 Å². The molecule has 4 heterocycles. The molecule has 0 amide bonds. The van der Waals surface area contributed by atoms with Crippen LogP contribution in [0.25, 0.3) is 31.7 Å². The van der Waals surface area contributed by atoms with Crippen molar-refractivity contribution >= 4 is 48.1 Å². The molecule has 0 radical (unpaired) electrons. The van der Waals surface area contributed by atoms with Crippen molar-refractivity contribution in [3.63, 3.8) is 0 Å². The van der Waals surface area contributed by atoms with Gasteiger partial charge in [0.15, 0.2) is 9.84 Å². The van der Waals surface area contributed by atoms with E-state index in [-0.39, 0.29) is 6.04 Å². The number of benzene rings is 2. The van der Waals surface area contributed by atoms with Crippen LogP contribution < -0.4 is 4.90 Å². The molecule has 2 aliphatic rings. The predicted molar refractivity (Wildman–Crippen MR) is 131 cm³/mol. The van der Waals surface area contributed by atoms with Gasteiger partial charge < -0.3 is 4.90 Å². The lowest BCUT2D eigenvalue weighted by Gasteiger charge is -2.38. The van der Waals surface area contributed by atoms with Crippen LogP contribution in [0.5, 0.6) is 0 Å². The summed E-state index contributed by atoms with van der Waals surface area (Å²) in [5.41, 5.74) is 3.12. The zero-order valence-electron chi connectivity index (χ0n) is 17.6. The molecule has 6 nitrogen and oxygen atoms in total. The van der Waals surface area contributed by atoms with Gasteiger partial charge in [0.1, 0.15) is 10.8 Å². The van der Waals surface area contributed by atoms with E-state index in [0.717, 1.165) is 65.4 Å². The van der Waals surface area contributed by atoms with Gasteiger partial charge in [0, 0.05) is 43.2 Å². The first-order valence-electron chi connectivity index (χ1n) is 11.0. The lowest BCUT2D eigenvalue weighted by atomic mass is 10.1. The summed E-state index contributed by atoms with van der Waals surface area (Å²) in [5.74, 6) is 1.61. The smallest absolute Gasteiger partial charge is 0.151 e. The second kappa shape index (κ2) is 7.79. The number of nitrogens with zero attached hydrogens (tertiary/aromatic N) is 4. The van der Waals surface area contributed by atoms with E-state index < -0.39 is 9.84 Å². The number of fused-ring (bicyclic) bond motifs is 2. The number of rotatable bonds is 3. The van der Waals surface area contributed by atoms with E-state index in [0.29, 0.717) is 11.5 Å². The van der Waals surface area contributed by atoms with Crippen LogP contribution in [0.15, 0.2) is 54.6 Å². The number of hydrogen-bond acceptors (Lipinski definition) is 7. The van der Waals surface area contributed by atoms with Crippen molar-refractivity contribution in [1.29, 1.82) is 0 Å². The Morgan fingerprint density at radius 1 is 0.906 bits per heavy atom. The van der Waals surface area contributed by atoms with Crippen LogP contribution in [0.1, 0.15) is 6.42 Å². The van der Waals surface area contributed by atoms with Crippen LogP contribution >= 0.6 is 11.3 Å². The van der Waals surface area contributed by atoms with Gasteiger partial charge in [-0.3, -0.25) is 4.90 Å². The topological polar surface area (TPSA) is 66.4 Å². The maximum atomic E-state index is 11.9.